The van der Waals surface area contributed by atoms with E-state index in [1.807, 2.05) is 20.8 Å². The normalized spacial score (nSPS) is 20.8. The van der Waals surface area contributed by atoms with Crippen LogP contribution >= 0.6 is 11.6 Å². The highest BCUT2D eigenvalue weighted by atomic mass is 35.5. The van der Waals surface area contributed by atoms with Crippen molar-refractivity contribution in [1.82, 2.24) is 20.1 Å². The number of rotatable bonds is 8. The highest BCUT2D eigenvalue weighted by molar-refractivity contribution is 6.36. The highest BCUT2D eigenvalue weighted by Crippen LogP contribution is 2.38. The van der Waals surface area contributed by atoms with Gasteiger partial charge in [0.1, 0.15) is 5.75 Å². The third kappa shape index (κ3) is 6.91. The van der Waals surface area contributed by atoms with E-state index in [1.165, 1.54) is 16.9 Å². The largest absolute Gasteiger partial charge is 0.434 e. The van der Waals surface area contributed by atoms with Gasteiger partial charge >= 0.3 is 6.61 Å². The first-order chi connectivity index (χ1) is 16.3. The fourth-order valence-electron chi connectivity index (χ4n) is 4.36. The number of ether oxygens (including phenoxy) is 1. The Kier molecular flexibility index (Phi) is 8.42. The van der Waals surface area contributed by atoms with Gasteiger partial charge in [0.25, 0.3) is 5.91 Å². The van der Waals surface area contributed by atoms with Gasteiger partial charge in [-0.05, 0) is 50.4 Å². The van der Waals surface area contributed by atoms with E-state index in [4.69, 9.17) is 16.3 Å². The number of carbonyl (C=O) groups is 1. The number of amides is 1. The predicted octanol–water partition coefficient (Wildman–Crippen LogP) is 5.48. The summed E-state index contributed by atoms with van der Waals surface area (Å²) in [5, 5.41) is 17.9. The van der Waals surface area contributed by atoms with Gasteiger partial charge in [-0.15, -0.1) is 0 Å². The first kappa shape index (κ1) is 27.3. The van der Waals surface area contributed by atoms with Crippen molar-refractivity contribution in [3.05, 3.63) is 28.7 Å². The SMILES string of the molecule is CCn1nc(C(=O)NCC2(O)CCC(C)CC2)c(Cl)c1-c1cnc(CC(C)(C)C)cc1OC(F)F. The van der Waals surface area contributed by atoms with Crippen molar-refractivity contribution in [3.63, 3.8) is 0 Å². The molecule has 0 aromatic carbocycles. The predicted molar refractivity (Wildman–Crippen MR) is 131 cm³/mol. The summed E-state index contributed by atoms with van der Waals surface area (Å²) in [6.45, 7) is 7.39. The van der Waals surface area contributed by atoms with E-state index in [2.05, 4.69) is 22.3 Å². The second-order valence-corrected chi connectivity index (χ2v) is 11.1. The van der Waals surface area contributed by atoms with E-state index in [-0.39, 0.29) is 39.7 Å². The molecule has 1 aliphatic rings. The van der Waals surface area contributed by atoms with Gasteiger partial charge in [-0.25, -0.2) is 0 Å². The molecule has 10 heteroatoms. The number of alkyl halides is 2. The topological polar surface area (TPSA) is 89.3 Å². The third-order valence-corrected chi connectivity index (χ3v) is 6.66. The number of halogens is 3. The Labute approximate surface area is 210 Å². The maximum Gasteiger partial charge on any atom is 0.387 e. The van der Waals surface area contributed by atoms with Gasteiger partial charge in [0.05, 0.1) is 21.9 Å². The fourth-order valence-corrected chi connectivity index (χ4v) is 4.69. The maximum absolute atomic E-state index is 13.3. The van der Waals surface area contributed by atoms with Crippen LogP contribution in [-0.2, 0) is 13.0 Å². The zero-order chi connectivity index (χ0) is 26.0. The highest BCUT2D eigenvalue weighted by Gasteiger charge is 2.33. The lowest BCUT2D eigenvalue weighted by Crippen LogP contribution is -2.45. The molecule has 2 aromatic rings. The summed E-state index contributed by atoms with van der Waals surface area (Å²) >= 11 is 6.59. The Hall–Kier alpha value is -2.26. The molecule has 0 aliphatic heterocycles. The van der Waals surface area contributed by atoms with E-state index in [9.17, 15) is 18.7 Å². The lowest BCUT2D eigenvalue weighted by molar-refractivity contribution is -0.0495. The summed E-state index contributed by atoms with van der Waals surface area (Å²) in [5.74, 6) is -0.0660. The van der Waals surface area contributed by atoms with Gasteiger partial charge in [-0.3, -0.25) is 14.5 Å². The number of hydrogen-bond donors (Lipinski definition) is 2. The van der Waals surface area contributed by atoms with Gasteiger partial charge in [0.15, 0.2) is 5.69 Å². The summed E-state index contributed by atoms with van der Waals surface area (Å²) in [6, 6.07) is 1.48. The molecule has 1 amide bonds. The molecule has 2 heterocycles. The van der Waals surface area contributed by atoms with Crippen LogP contribution in [-0.4, -0.2) is 44.5 Å². The lowest BCUT2D eigenvalue weighted by Gasteiger charge is -2.34. The molecule has 0 unspecified atom stereocenters. The standard InChI is InChI=1S/C25H35ClF2N4O3/c1-6-32-21(17-13-29-16(12-24(3,4)5)11-18(17)35-23(27)28)19(26)20(31-32)22(33)30-14-25(34)9-7-15(2)8-10-25/h11,13,15,23,34H,6-10,12,14H2,1-5H3,(H,30,33). The van der Waals surface area contributed by atoms with Crippen LogP contribution in [0.3, 0.4) is 0 Å². The number of carbonyl (C=O) groups excluding carboxylic acids is 1. The molecule has 3 rings (SSSR count). The Morgan fingerprint density at radius 2 is 2.03 bits per heavy atom. The van der Waals surface area contributed by atoms with Crippen LogP contribution in [0.1, 0.15) is 76.5 Å². The molecule has 194 valence electrons. The molecule has 0 spiro atoms. The van der Waals surface area contributed by atoms with Crippen LogP contribution in [0.2, 0.25) is 5.02 Å². The molecular weight excluding hydrogens is 478 g/mol. The first-order valence-corrected chi connectivity index (χ1v) is 12.4. The van der Waals surface area contributed by atoms with E-state index in [1.54, 1.807) is 6.92 Å². The maximum atomic E-state index is 13.3. The smallest absolute Gasteiger partial charge is 0.387 e. The number of aryl methyl sites for hydroxylation is 1. The van der Waals surface area contributed by atoms with Crippen molar-refractivity contribution >= 4 is 17.5 Å². The summed E-state index contributed by atoms with van der Waals surface area (Å²) in [6.07, 6.45) is 5.00. The van der Waals surface area contributed by atoms with Gasteiger partial charge in [0.2, 0.25) is 0 Å². The van der Waals surface area contributed by atoms with E-state index in [0.29, 0.717) is 37.4 Å². The van der Waals surface area contributed by atoms with Crippen LogP contribution in [0.5, 0.6) is 5.75 Å². The Balaban J connectivity index is 1.91. The van der Waals surface area contributed by atoms with E-state index < -0.39 is 18.1 Å². The second-order valence-electron chi connectivity index (χ2n) is 10.7. The second kappa shape index (κ2) is 10.8. The minimum absolute atomic E-state index is 0.0121. The monoisotopic (exact) mass is 512 g/mol. The molecule has 1 fully saturated rings. The molecule has 1 aliphatic carbocycles. The molecule has 2 N–H and O–H groups in total. The van der Waals surface area contributed by atoms with Crippen molar-refractivity contribution < 1.29 is 23.4 Å². The van der Waals surface area contributed by atoms with Crippen LogP contribution in [0.4, 0.5) is 8.78 Å². The lowest BCUT2D eigenvalue weighted by atomic mass is 9.79. The molecule has 1 saturated carbocycles. The average Bonchev–Trinajstić information content (AvgIpc) is 3.09. The summed E-state index contributed by atoms with van der Waals surface area (Å²) < 4.78 is 32.8. The van der Waals surface area contributed by atoms with Gasteiger partial charge in [-0.2, -0.15) is 13.9 Å². The van der Waals surface area contributed by atoms with Crippen LogP contribution < -0.4 is 10.1 Å². The van der Waals surface area contributed by atoms with Crippen molar-refractivity contribution in [1.29, 1.82) is 0 Å². The molecular formula is C25H35ClF2N4O3. The molecule has 0 bridgehead atoms. The molecule has 2 aromatic heterocycles. The molecule has 0 saturated heterocycles. The molecule has 35 heavy (non-hydrogen) atoms. The number of hydrogen-bond acceptors (Lipinski definition) is 5. The molecule has 0 atom stereocenters. The summed E-state index contributed by atoms with van der Waals surface area (Å²) in [5.41, 5.74) is -0.0148. The van der Waals surface area contributed by atoms with Crippen LogP contribution in [0, 0.1) is 11.3 Å². The van der Waals surface area contributed by atoms with Crippen LogP contribution in [0.25, 0.3) is 11.3 Å². The van der Waals surface area contributed by atoms with Crippen LogP contribution in [0.15, 0.2) is 12.3 Å². The Morgan fingerprint density at radius 1 is 1.37 bits per heavy atom. The van der Waals surface area contributed by atoms with Crippen molar-refractivity contribution in [2.24, 2.45) is 11.3 Å². The van der Waals surface area contributed by atoms with E-state index in [0.717, 1.165) is 12.8 Å². The number of nitrogens with one attached hydrogen (secondary N) is 1. The van der Waals surface area contributed by atoms with Crippen molar-refractivity contribution in [3.8, 4) is 17.0 Å². The quantitative estimate of drug-likeness (QED) is 0.489. The number of aliphatic hydroxyl groups is 1. The third-order valence-electron chi connectivity index (χ3n) is 6.30. The minimum atomic E-state index is -3.04. The zero-order valence-electron chi connectivity index (χ0n) is 21.0. The number of pyridine rings is 1. The number of aromatic nitrogens is 3. The van der Waals surface area contributed by atoms with Gasteiger partial charge in [-0.1, -0.05) is 39.3 Å². The molecule has 7 nitrogen and oxygen atoms in total. The van der Waals surface area contributed by atoms with Gasteiger partial charge < -0.3 is 15.2 Å². The Morgan fingerprint density at radius 3 is 2.60 bits per heavy atom. The van der Waals surface area contributed by atoms with Crippen molar-refractivity contribution in [2.75, 3.05) is 6.54 Å². The minimum Gasteiger partial charge on any atom is -0.434 e. The zero-order valence-corrected chi connectivity index (χ0v) is 21.8. The molecule has 0 radical (unpaired) electrons. The van der Waals surface area contributed by atoms with Gasteiger partial charge in [0, 0.05) is 31.0 Å². The summed E-state index contributed by atoms with van der Waals surface area (Å²) in [7, 11) is 0. The first-order valence-electron chi connectivity index (χ1n) is 12.0. The summed E-state index contributed by atoms with van der Waals surface area (Å²) in [4.78, 5) is 17.4. The van der Waals surface area contributed by atoms with Crippen molar-refractivity contribution in [2.45, 2.75) is 85.5 Å². The van der Waals surface area contributed by atoms with E-state index >= 15 is 0 Å². The number of nitrogens with zero attached hydrogens (tertiary/aromatic N) is 3. The Bertz CT molecular complexity index is 1040. The average molecular weight is 513 g/mol. The fraction of sp³-hybridized carbons (Fsp3) is 0.640.